The Morgan fingerprint density at radius 2 is 2.33 bits per heavy atom. The number of nitrogens with one attached hydrogen (secondary N) is 1. The molecule has 2 unspecified atom stereocenters. The number of carbonyl (C=O) groups is 3. The van der Waals surface area contributed by atoms with Crippen LogP contribution in [0.4, 0.5) is 0 Å². The molecule has 2 rings (SSSR count). The molecular formula is C10H13N3O5. The minimum atomic E-state index is -1.15. The van der Waals surface area contributed by atoms with Gasteiger partial charge in [-0.1, -0.05) is 0 Å². The average molecular weight is 255 g/mol. The van der Waals surface area contributed by atoms with E-state index >= 15 is 0 Å². The minimum Gasteiger partial charge on any atom is -0.479 e. The summed E-state index contributed by atoms with van der Waals surface area (Å²) in [5.74, 6) is -1.57. The van der Waals surface area contributed by atoms with Crippen LogP contribution in [0.3, 0.4) is 0 Å². The predicted molar refractivity (Wildman–Crippen MR) is 57.9 cm³/mol. The summed E-state index contributed by atoms with van der Waals surface area (Å²) in [5, 5.41) is 11.5. The number of rotatable bonds is 4. The summed E-state index contributed by atoms with van der Waals surface area (Å²) in [7, 11) is 0. The van der Waals surface area contributed by atoms with E-state index < -0.39 is 18.2 Å². The largest absolute Gasteiger partial charge is 0.479 e. The SMILES string of the molecule is NCC(=O)NCC=C1OC2CC(=O)N2C1C(=O)O. The molecule has 0 aromatic carbocycles. The Bertz CT molecular complexity index is 433. The maximum absolute atomic E-state index is 11.3. The Hall–Kier alpha value is -2.09. The lowest BCUT2D eigenvalue weighted by Crippen LogP contribution is -2.54. The summed E-state index contributed by atoms with van der Waals surface area (Å²) in [4.78, 5) is 34.4. The zero-order chi connectivity index (χ0) is 13.3. The van der Waals surface area contributed by atoms with Crippen LogP contribution in [-0.2, 0) is 19.1 Å². The lowest BCUT2D eigenvalue weighted by atomic mass is 10.1. The van der Waals surface area contributed by atoms with Crippen molar-refractivity contribution in [1.29, 1.82) is 0 Å². The Kier molecular flexibility index (Phi) is 3.19. The summed E-state index contributed by atoms with van der Waals surface area (Å²) in [6, 6.07) is -1.09. The Labute approximate surface area is 102 Å². The van der Waals surface area contributed by atoms with Gasteiger partial charge < -0.3 is 20.9 Å². The highest BCUT2D eigenvalue weighted by molar-refractivity contribution is 5.91. The molecule has 2 saturated heterocycles. The molecule has 0 saturated carbocycles. The molecule has 4 N–H and O–H groups in total. The molecule has 18 heavy (non-hydrogen) atoms. The van der Waals surface area contributed by atoms with Gasteiger partial charge in [0.1, 0.15) is 5.76 Å². The van der Waals surface area contributed by atoms with Crippen LogP contribution < -0.4 is 11.1 Å². The van der Waals surface area contributed by atoms with Gasteiger partial charge in [0.05, 0.1) is 13.0 Å². The Morgan fingerprint density at radius 1 is 1.61 bits per heavy atom. The lowest BCUT2D eigenvalue weighted by Gasteiger charge is -2.33. The highest BCUT2D eigenvalue weighted by atomic mass is 16.5. The zero-order valence-corrected chi connectivity index (χ0v) is 9.46. The highest BCUT2D eigenvalue weighted by Gasteiger charge is 2.53. The van der Waals surface area contributed by atoms with Crippen LogP contribution in [0.15, 0.2) is 11.8 Å². The van der Waals surface area contributed by atoms with Gasteiger partial charge in [-0.2, -0.15) is 0 Å². The van der Waals surface area contributed by atoms with Crippen molar-refractivity contribution in [3.05, 3.63) is 11.8 Å². The van der Waals surface area contributed by atoms with Crippen LogP contribution in [0.1, 0.15) is 6.42 Å². The van der Waals surface area contributed by atoms with E-state index in [-0.39, 0.29) is 37.1 Å². The fourth-order valence-electron chi connectivity index (χ4n) is 1.91. The number of nitrogens with zero attached hydrogens (tertiary/aromatic N) is 1. The molecule has 2 fully saturated rings. The molecule has 0 bridgehead atoms. The summed E-state index contributed by atoms with van der Waals surface area (Å²) < 4.78 is 5.32. The third kappa shape index (κ3) is 2.02. The number of carboxylic acids is 1. The number of hydrogen-bond acceptors (Lipinski definition) is 5. The molecule has 8 heteroatoms. The summed E-state index contributed by atoms with van der Waals surface area (Å²) in [6.07, 6.45) is 1.14. The van der Waals surface area contributed by atoms with Crippen LogP contribution in [-0.4, -0.2) is 53.1 Å². The van der Waals surface area contributed by atoms with Crippen LogP contribution in [0, 0.1) is 0 Å². The fourth-order valence-corrected chi connectivity index (χ4v) is 1.91. The number of carbonyl (C=O) groups excluding carboxylic acids is 2. The van der Waals surface area contributed by atoms with E-state index in [0.717, 1.165) is 0 Å². The maximum Gasteiger partial charge on any atom is 0.334 e. The van der Waals surface area contributed by atoms with E-state index in [4.69, 9.17) is 15.6 Å². The summed E-state index contributed by atoms with van der Waals surface area (Å²) in [5.41, 5.74) is 5.10. The van der Waals surface area contributed by atoms with E-state index in [0.29, 0.717) is 0 Å². The van der Waals surface area contributed by atoms with Crippen LogP contribution in [0.25, 0.3) is 0 Å². The second kappa shape index (κ2) is 4.65. The lowest BCUT2D eigenvalue weighted by molar-refractivity contribution is -0.163. The fraction of sp³-hybridized carbons (Fsp3) is 0.500. The van der Waals surface area contributed by atoms with Gasteiger partial charge in [-0.05, 0) is 6.08 Å². The normalized spacial score (nSPS) is 27.5. The second-order valence-corrected chi connectivity index (χ2v) is 3.93. The first kappa shape index (κ1) is 12.4. The molecule has 98 valence electrons. The molecule has 0 aromatic rings. The Balaban J connectivity index is 2.03. The van der Waals surface area contributed by atoms with E-state index in [1.54, 1.807) is 0 Å². The van der Waals surface area contributed by atoms with Crippen molar-refractivity contribution in [3.63, 3.8) is 0 Å². The molecular weight excluding hydrogens is 242 g/mol. The van der Waals surface area contributed by atoms with E-state index in [9.17, 15) is 14.4 Å². The third-order valence-electron chi connectivity index (χ3n) is 2.79. The van der Waals surface area contributed by atoms with E-state index in [1.807, 2.05) is 0 Å². The van der Waals surface area contributed by atoms with E-state index in [1.165, 1.54) is 11.0 Å². The second-order valence-electron chi connectivity index (χ2n) is 3.93. The zero-order valence-electron chi connectivity index (χ0n) is 9.46. The van der Waals surface area contributed by atoms with Gasteiger partial charge >= 0.3 is 5.97 Å². The van der Waals surface area contributed by atoms with Gasteiger partial charge in [0.15, 0.2) is 12.3 Å². The first-order valence-corrected chi connectivity index (χ1v) is 5.42. The van der Waals surface area contributed by atoms with Crippen molar-refractivity contribution < 1.29 is 24.2 Å². The van der Waals surface area contributed by atoms with Crippen LogP contribution in [0.2, 0.25) is 0 Å². The van der Waals surface area contributed by atoms with E-state index in [2.05, 4.69) is 5.32 Å². The monoisotopic (exact) mass is 255 g/mol. The quantitative estimate of drug-likeness (QED) is 0.499. The van der Waals surface area contributed by atoms with Crippen molar-refractivity contribution in [1.82, 2.24) is 10.2 Å². The standard InChI is InChI=1S/C10H13N3O5/c11-4-6(14)12-2-1-5-9(10(16)17)13-7(15)3-8(13)18-5/h1,8-9H,2-4,11H2,(H,12,14)(H,16,17). The smallest absolute Gasteiger partial charge is 0.334 e. The van der Waals surface area contributed by atoms with Crippen LogP contribution >= 0.6 is 0 Å². The Morgan fingerprint density at radius 3 is 2.89 bits per heavy atom. The first-order chi connectivity index (χ1) is 8.54. The molecule has 2 aliphatic rings. The number of hydrogen-bond donors (Lipinski definition) is 3. The van der Waals surface area contributed by atoms with Crippen LogP contribution in [0.5, 0.6) is 0 Å². The molecule has 2 atom stereocenters. The maximum atomic E-state index is 11.3. The van der Waals surface area contributed by atoms with Crippen molar-refractivity contribution in [2.75, 3.05) is 13.1 Å². The summed E-state index contributed by atoms with van der Waals surface area (Å²) >= 11 is 0. The molecule has 2 heterocycles. The number of fused-ring (bicyclic) bond motifs is 1. The van der Waals surface area contributed by atoms with Crippen molar-refractivity contribution >= 4 is 17.8 Å². The molecule has 0 spiro atoms. The van der Waals surface area contributed by atoms with Gasteiger partial charge in [-0.25, -0.2) is 4.79 Å². The van der Waals surface area contributed by atoms with Gasteiger partial charge in [-0.15, -0.1) is 0 Å². The molecule has 0 radical (unpaired) electrons. The molecule has 0 aromatic heterocycles. The molecule has 0 aliphatic carbocycles. The minimum absolute atomic E-state index is 0.115. The number of aliphatic carboxylic acids is 1. The molecule has 2 amide bonds. The van der Waals surface area contributed by atoms with Gasteiger partial charge in [-0.3, -0.25) is 14.5 Å². The number of ether oxygens (including phenoxy) is 1. The predicted octanol–water partition coefficient (Wildman–Crippen LogP) is -2.01. The third-order valence-corrected chi connectivity index (χ3v) is 2.79. The number of nitrogens with two attached hydrogens (primary N) is 1. The van der Waals surface area contributed by atoms with Crippen molar-refractivity contribution in [2.45, 2.75) is 18.7 Å². The van der Waals surface area contributed by atoms with Gasteiger partial charge in [0, 0.05) is 6.54 Å². The molecule has 2 aliphatic heterocycles. The topological polar surface area (TPSA) is 122 Å². The molecule has 8 nitrogen and oxygen atoms in total. The number of carboxylic acid groups (broad SMARTS) is 1. The highest BCUT2D eigenvalue weighted by Crippen LogP contribution is 2.36. The van der Waals surface area contributed by atoms with Crippen molar-refractivity contribution in [3.8, 4) is 0 Å². The van der Waals surface area contributed by atoms with Gasteiger partial charge in [0.2, 0.25) is 11.8 Å². The van der Waals surface area contributed by atoms with Gasteiger partial charge in [0.25, 0.3) is 0 Å². The average Bonchev–Trinajstić information content (AvgIpc) is 2.61. The number of amides is 2. The first-order valence-electron chi connectivity index (χ1n) is 5.42. The van der Waals surface area contributed by atoms with Crippen molar-refractivity contribution in [2.24, 2.45) is 5.73 Å². The summed E-state index contributed by atoms with van der Waals surface area (Å²) in [6.45, 7) is -0.0243. The number of β-lactam (4-membered cyclic amide) rings is 1.